The molecule has 0 atom stereocenters. The average molecular weight is 643 g/mol. The van der Waals surface area contributed by atoms with Gasteiger partial charge in [0.15, 0.2) is 0 Å². The van der Waals surface area contributed by atoms with Crippen molar-refractivity contribution in [1.82, 2.24) is 0 Å². The Labute approximate surface area is 287 Å². The van der Waals surface area contributed by atoms with Crippen molar-refractivity contribution in [2.45, 2.75) is 78.4 Å². The predicted octanol–water partition coefficient (Wildman–Crippen LogP) is 12.1. The van der Waals surface area contributed by atoms with E-state index in [0.717, 1.165) is 82.1 Å². The Morgan fingerprint density at radius 1 is 0.396 bits per heavy atom. The molecule has 0 N–H and O–H groups in total. The van der Waals surface area contributed by atoms with E-state index in [1.165, 1.54) is 25.7 Å². The van der Waals surface area contributed by atoms with Gasteiger partial charge in [0.1, 0.15) is 36.2 Å². The molecule has 0 amide bonds. The molecule has 4 nitrogen and oxygen atoms in total. The fraction of sp³-hybridized carbons (Fsp3) is 0.318. The second kappa shape index (κ2) is 19.2. The van der Waals surface area contributed by atoms with E-state index in [2.05, 4.69) is 74.5 Å². The van der Waals surface area contributed by atoms with Gasteiger partial charge in [0.25, 0.3) is 0 Å². The predicted molar refractivity (Wildman–Crippen MR) is 198 cm³/mol. The van der Waals surface area contributed by atoms with Gasteiger partial charge < -0.3 is 18.9 Å². The lowest BCUT2D eigenvalue weighted by Crippen LogP contribution is -2.03. The molecular weight excluding hydrogens is 592 g/mol. The number of hydrogen-bond donors (Lipinski definition) is 0. The minimum absolute atomic E-state index is 0.535. The van der Waals surface area contributed by atoms with E-state index in [1.54, 1.807) is 0 Å². The Kier molecular flexibility index (Phi) is 13.9. The smallest absolute Gasteiger partial charge is 0.128 e. The van der Waals surface area contributed by atoms with Gasteiger partial charge in [0, 0.05) is 11.1 Å². The molecule has 0 spiro atoms. The van der Waals surface area contributed by atoms with Crippen LogP contribution < -0.4 is 18.9 Å². The van der Waals surface area contributed by atoms with Gasteiger partial charge in [-0.1, -0.05) is 137 Å². The first-order chi connectivity index (χ1) is 23.7. The van der Waals surface area contributed by atoms with Crippen LogP contribution in [0.1, 0.15) is 76.3 Å². The summed E-state index contributed by atoms with van der Waals surface area (Å²) >= 11 is 0. The summed E-state index contributed by atoms with van der Waals surface area (Å²) in [6, 6.07) is 41.4. The van der Waals surface area contributed by atoms with Crippen LogP contribution >= 0.6 is 0 Å². The minimum atomic E-state index is 0.535. The molecule has 0 aliphatic rings. The lowest BCUT2D eigenvalue weighted by molar-refractivity contribution is 0.299. The van der Waals surface area contributed by atoms with Gasteiger partial charge in [-0.05, 0) is 71.5 Å². The van der Waals surface area contributed by atoms with Gasteiger partial charge in [-0.25, -0.2) is 0 Å². The Bertz CT molecular complexity index is 1490. The molecule has 0 heterocycles. The van der Waals surface area contributed by atoms with Crippen molar-refractivity contribution in [2.24, 2.45) is 0 Å². The molecule has 0 saturated carbocycles. The molecule has 5 aromatic rings. The molecule has 5 rings (SSSR count). The molecule has 0 aliphatic carbocycles. The van der Waals surface area contributed by atoms with Crippen LogP contribution in [-0.4, -0.2) is 13.2 Å². The monoisotopic (exact) mass is 642 g/mol. The normalized spacial score (nSPS) is 10.9. The zero-order valence-corrected chi connectivity index (χ0v) is 28.7. The van der Waals surface area contributed by atoms with E-state index >= 15 is 0 Å². The minimum Gasteiger partial charge on any atom is -0.493 e. The van der Waals surface area contributed by atoms with E-state index < -0.39 is 0 Å². The highest BCUT2D eigenvalue weighted by atomic mass is 16.5. The van der Waals surface area contributed by atoms with E-state index in [9.17, 15) is 0 Å². The van der Waals surface area contributed by atoms with Crippen molar-refractivity contribution in [2.75, 3.05) is 13.2 Å². The largest absolute Gasteiger partial charge is 0.493 e. The molecule has 250 valence electrons. The summed E-state index contributed by atoms with van der Waals surface area (Å²) in [5.74, 6) is 3.40. The Morgan fingerprint density at radius 3 is 1.17 bits per heavy atom. The summed E-state index contributed by atoms with van der Waals surface area (Å²) in [5, 5.41) is 0. The molecule has 0 aromatic heterocycles. The zero-order chi connectivity index (χ0) is 33.2. The third-order valence-electron chi connectivity index (χ3n) is 8.42. The molecule has 0 fully saturated rings. The summed E-state index contributed by atoms with van der Waals surface area (Å²) in [5.41, 5.74) is 6.47. The SMILES string of the molecule is CCCCCCOc1cc(-c2ccc(OCc3ccccc3)cc2)c(OCCCCCC)cc1-c1ccc(OCc2ccccc2)cc1. The first-order valence-electron chi connectivity index (χ1n) is 17.7. The number of ether oxygens (including phenoxy) is 4. The summed E-state index contributed by atoms with van der Waals surface area (Å²) in [6.45, 7) is 6.89. The van der Waals surface area contributed by atoms with Crippen molar-refractivity contribution in [3.05, 3.63) is 132 Å². The molecule has 0 aliphatic heterocycles. The van der Waals surface area contributed by atoms with Crippen LogP contribution in [0.3, 0.4) is 0 Å². The Hall–Kier alpha value is -4.70. The van der Waals surface area contributed by atoms with Crippen LogP contribution in [0.5, 0.6) is 23.0 Å². The van der Waals surface area contributed by atoms with Crippen LogP contribution in [-0.2, 0) is 13.2 Å². The Balaban J connectivity index is 1.41. The van der Waals surface area contributed by atoms with Crippen LogP contribution in [0.2, 0.25) is 0 Å². The van der Waals surface area contributed by atoms with Gasteiger partial charge in [-0.3, -0.25) is 0 Å². The number of unbranched alkanes of at least 4 members (excludes halogenated alkanes) is 6. The van der Waals surface area contributed by atoms with Crippen molar-refractivity contribution in [1.29, 1.82) is 0 Å². The van der Waals surface area contributed by atoms with Gasteiger partial charge in [0.05, 0.1) is 13.2 Å². The molecule has 4 heteroatoms. The molecule has 0 bridgehead atoms. The second-order valence-electron chi connectivity index (χ2n) is 12.3. The van der Waals surface area contributed by atoms with Gasteiger partial charge in [-0.15, -0.1) is 0 Å². The van der Waals surface area contributed by atoms with E-state index in [-0.39, 0.29) is 0 Å². The summed E-state index contributed by atoms with van der Waals surface area (Å²) in [7, 11) is 0. The summed E-state index contributed by atoms with van der Waals surface area (Å²) in [6.07, 6.45) is 9.21. The van der Waals surface area contributed by atoms with Gasteiger partial charge in [-0.2, -0.15) is 0 Å². The third-order valence-corrected chi connectivity index (χ3v) is 8.42. The second-order valence-corrected chi connectivity index (χ2v) is 12.3. The lowest BCUT2D eigenvalue weighted by Gasteiger charge is -2.19. The number of hydrogen-bond acceptors (Lipinski definition) is 4. The molecule has 0 unspecified atom stereocenters. The topological polar surface area (TPSA) is 36.9 Å². The highest BCUT2D eigenvalue weighted by Crippen LogP contribution is 2.42. The van der Waals surface area contributed by atoms with Crippen LogP contribution in [0.25, 0.3) is 22.3 Å². The number of benzene rings is 5. The number of rotatable bonds is 20. The summed E-state index contributed by atoms with van der Waals surface area (Å²) in [4.78, 5) is 0. The first kappa shape index (κ1) is 34.6. The average Bonchev–Trinajstić information content (AvgIpc) is 3.14. The van der Waals surface area contributed by atoms with Crippen LogP contribution in [0, 0.1) is 0 Å². The molecular formula is C44H50O4. The van der Waals surface area contributed by atoms with Crippen molar-refractivity contribution >= 4 is 0 Å². The van der Waals surface area contributed by atoms with E-state index in [1.807, 2.05) is 60.7 Å². The highest BCUT2D eigenvalue weighted by Gasteiger charge is 2.16. The van der Waals surface area contributed by atoms with Gasteiger partial charge in [0.2, 0.25) is 0 Å². The van der Waals surface area contributed by atoms with Crippen LogP contribution in [0.15, 0.2) is 121 Å². The highest BCUT2D eigenvalue weighted by molar-refractivity contribution is 5.81. The Morgan fingerprint density at radius 2 is 0.792 bits per heavy atom. The zero-order valence-electron chi connectivity index (χ0n) is 28.7. The molecule has 0 saturated heterocycles. The van der Waals surface area contributed by atoms with E-state index in [0.29, 0.717) is 26.4 Å². The van der Waals surface area contributed by atoms with Gasteiger partial charge >= 0.3 is 0 Å². The van der Waals surface area contributed by atoms with Crippen molar-refractivity contribution < 1.29 is 18.9 Å². The standard InChI is InChI=1S/C44H50O4/c1-3-5-7-15-29-45-43-31-42(38-23-27-40(28-24-38)48-34-36-19-13-10-14-20-36)44(46-30-16-8-6-4-2)32-41(43)37-21-25-39(26-22-37)47-33-35-17-11-9-12-18-35/h9-14,17-28,31-32H,3-8,15-16,29-30,33-34H2,1-2H3. The van der Waals surface area contributed by atoms with Crippen molar-refractivity contribution in [3.8, 4) is 45.3 Å². The maximum absolute atomic E-state index is 6.55. The molecule has 0 radical (unpaired) electrons. The maximum Gasteiger partial charge on any atom is 0.128 e. The van der Waals surface area contributed by atoms with Crippen LogP contribution in [0.4, 0.5) is 0 Å². The lowest BCUT2D eigenvalue weighted by atomic mass is 9.97. The fourth-order valence-corrected chi connectivity index (χ4v) is 5.62. The quantitative estimate of drug-likeness (QED) is 0.0792. The fourth-order valence-electron chi connectivity index (χ4n) is 5.62. The first-order valence-corrected chi connectivity index (χ1v) is 17.7. The maximum atomic E-state index is 6.55. The summed E-state index contributed by atoms with van der Waals surface area (Å²) < 4.78 is 25.3. The third kappa shape index (κ3) is 10.7. The molecule has 5 aromatic carbocycles. The van der Waals surface area contributed by atoms with E-state index in [4.69, 9.17) is 18.9 Å². The van der Waals surface area contributed by atoms with Crippen molar-refractivity contribution in [3.63, 3.8) is 0 Å². The molecule has 48 heavy (non-hydrogen) atoms.